The minimum Gasteiger partial charge on any atom is -0.494 e. The van der Waals surface area contributed by atoms with Crippen LogP contribution in [0.5, 0.6) is 17.2 Å². The fraction of sp³-hybridized carbons (Fsp3) is 0.100. The van der Waals surface area contributed by atoms with Crippen molar-refractivity contribution >= 4 is 10.9 Å². The molecule has 3 aromatic rings. The maximum Gasteiger partial charge on any atom is 0.209 e. The molecule has 0 saturated carbocycles. The summed E-state index contributed by atoms with van der Waals surface area (Å²) in [4.78, 5) is 3.74. The Kier molecular flexibility index (Phi) is 3.72. The van der Waals surface area contributed by atoms with Crippen LogP contribution in [0.25, 0.3) is 0 Å². The quantitative estimate of drug-likeness (QED) is 0.478. The predicted octanol–water partition coefficient (Wildman–Crippen LogP) is 5.29. The lowest BCUT2D eigenvalue weighted by atomic mass is 10.3. The van der Waals surface area contributed by atoms with E-state index in [-0.39, 0.29) is 10.9 Å². The first-order chi connectivity index (χ1) is 11.4. The highest BCUT2D eigenvalue weighted by Crippen LogP contribution is 2.46. The number of fused-ring (bicyclic) bond motifs is 2. The molecule has 0 atom stereocenters. The summed E-state index contributed by atoms with van der Waals surface area (Å²) in [5, 5.41) is 0. The van der Waals surface area contributed by atoms with E-state index in [1.54, 1.807) is 0 Å². The molecule has 2 nitrogen and oxygen atoms in total. The SMILES string of the molecule is CCOc1ccc([S+]2c3ccccc3Oc3ccccc32)cc1. The predicted molar refractivity (Wildman–Crippen MR) is 92.7 cm³/mol. The lowest BCUT2D eigenvalue weighted by Crippen LogP contribution is -2.12. The summed E-state index contributed by atoms with van der Waals surface area (Å²) in [5.41, 5.74) is 0. The molecule has 0 unspecified atom stereocenters. The molecule has 4 rings (SSSR count). The minimum absolute atomic E-state index is 0.151. The van der Waals surface area contributed by atoms with Crippen molar-refractivity contribution in [1.29, 1.82) is 0 Å². The summed E-state index contributed by atoms with van der Waals surface area (Å²) in [7, 11) is -0.151. The third-order valence-electron chi connectivity index (χ3n) is 3.73. The Morgan fingerprint density at radius 2 is 1.35 bits per heavy atom. The van der Waals surface area contributed by atoms with E-state index < -0.39 is 0 Å². The van der Waals surface area contributed by atoms with E-state index in [4.69, 9.17) is 9.47 Å². The van der Waals surface area contributed by atoms with Crippen molar-refractivity contribution in [2.24, 2.45) is 0 Å². The van der Waals surface area contributed by atoms with Gasteiger partial charge in [0.25, 0.3) is 0 Å². The van der Waals surface area contributed by atoms with E-state index in [0.29, 0.717) is 6.61 Å². The molecule has 0 N–H and O–H groups in total. The van der Waals surface area contributed by atoms with Gasteiger partial charge >= 0.3 is 0 Å². The summed E-state index contributed by atoms with van der Waals surface area (Å²) in [6, 6.07) is 25.0. The molecule has 1 heterocycles. The average Bonchev–Trinajstić information content (AvgIpc) is 2.61. The second-order valence-corrected chi connectivity index (χ2v) is 7.17. The Bertz CT molecular complexity index is 782. The minimum atomic E-state index is -0.151. The van der Waals surface area contributed by atoms with Gasteiger partial charge in [-0.25, -0.2) is 0 Å². The summed E-state index contributed by atoms with van der Waals surface area (Å²) in [5.74, 6) is 2.81. The van der Waals surface area contributed by atoms with Crippen molar-refractivity contribution in [2.45, 2.75) is 21.6 Å². The van der Waals surface area contributed by atoms with Crippen LogP contribution in [0.15, 0.2) is 87.5 Å². The number of hydrogen-bond acceptors (Lipinski definition) is 2. The zero-order chi connectivity index (χ0) is 15.6. The number of rotatable bonds is 3. The molecular formula is C20H17O2S+. The molecule has 3 aromatic carbocycles. The van der Waals surface area contributed by atoms with E-state index in [1.807, 2.05) is 43.3 Å². The second-order valence-electron chi connectivity index (χ2n) is 5.21. The molecule has 114 valence electrons. The third kappa shape index (κ3) is 2.57. The van der Waals surface area contributed by atoms with Crippen molar-refractivity contribution in [3.05, 3.63) is 72.8 Å². The topological polar surface area (TPSA) is 18.5 Å². The largest absolute Gasteiger partial charge is 0.494 e. The van der Waals surface area contributed by atoms with Gasteiger partial charge in [0.15, 0.2) is 16.4 Å². The van der Waals surface area contributed by atoms with E-state index in [1.165, 1.54) is 14.7 Å². The highest BCUT2D eigenvalue weighted by atomic mass is 32.2. The van der Waals surface area contributed by atoms with Crippen molar-refractivity contribution in [3.63, 3.8) is 0 Å². The van der Waals surface area contributed by atoms with Crippen LogP contribution in [-0.4, -0.2) is 6.61 Å². The molecule has 0 spiro atoms. The molecule has 0 amide bonds. The number of ether oxygens (including phenoxy) is 2. The highest BCUT2D eigenvalue weighted by molar-refractivity contribution is 7.97. The Morgan fingerprint density at radius 1 is 0.783 bits per heavy atom. The van der Waals surface area contributed by atoms with Crippen molar-refractivity contribution in [3.8, 4) is 17.2 Å². The zero-order valence-corrected chi connectivity index (χ0v) is 13.7. The molecule has 3 heteroatoms. The summed E-state index contributed by atoms with van der Waals surface area (Å²) in [6.45, 7) is 2.69. The fourth-order valence-corrected chi connectivity index (χ4v) is 4.94. The lowest BCUT2D eigenvalue weighted by molar-refractivity contribution is 0.340. The smallest absolute Gasteiger partial charge is 0.209 e. The van der Waals surface area contributed by atoms with Gasteiger partial charge in [0.2, 0.25) is 9.79 Å². The van der Waals surface area contributed by atoms with Crippen molar-refractivity contribution < 1.29 is 9.47 Å². The summed E-state index contributed by atoms with van der Waals surface area (Å²) < 4.78 is 11.6. The van der Waals surface area contributed by atoms with Gasteiger partial charge in [0.05, 0.1) is 6.61 Å². The standard InChI is InChI=1S/C20H17O2S/c1-2-21-15-11-13-16(14-12-15)23-19-9-5-3-7-17(19)22-18-8-4-6-10-20(18)23/h3-14H,2H2,1H3/q+1. The van der Waals surface area contributed by atoms with Crippen LogP contribution in [0.3, 0.4) is 0 Å². The fourth-order valence-electron chi connectivity index (χ4n) is 2.74. The molecule has 0 fully saturated rings. The van der Waals surface area contributed by atoms with E-state index in [9.17, 15) is 0 Å². The van der Waals surface area contributed by atoms with Crippen LogP contribution in [0, 0.1) is 0 Å². The molecule has 0 aromatic heterocycles. The average molecular weight is 321 g/mol. The first-order valence-electron chi connectivity index (χ1n) is 7.70. The van der Waals surface area contributed by atoms with E-state index >= 15 is 0 Å². The third-order valence-corrected chi connectivity index (χ3v) is 6.03. The maximum atomic E-state index is 6.07. The van der Waals surface area contributed by atoms with Gasteiger partial charge in [-0.15, -0.1) is 0 Å². The first-order valence-corrected chi connectivity index (χ1v) is 8.92. The van der Waals surface area contributed by atoms with Gasteiger partial charge in [-0.1, -0.05) is 24.3 Å². The van der Waals surface area contributed by atoms with Crippen molar-refractivity contribution in [1.82, 2.24) is 0 Å². The van der Waals surface area contributed by atoms with Crippen molar-refractivity contribution in [2.75, 3.05) is 6.61 Å². The zero-order valence-electron chi connectivity index (χ0n) is 12.9. The first kappa shape index (κ1) is 14.2. The molecule has 0 radical (unpaired) electrons. The van der Waals surface area contributed by atoms with Gasteiger partial charge in [0, 0.05) is 0 Å². The number of benzene rings is 3. The van der Waals surface area contributed by atoms with Crippen LogP contribution in [0.2, 0.25) is 0 Å². The van der Waals surface area contributed by atoms with Gasteiger partial charge in [0.1, 0.15) is 16.6 Å². The Morgan fingerprint density at radius 3 is 1.91 bits per heavy atom. The van der Waals surface area contributed by atoms with Crippen LogP contribution in [0.4, 0.5) is 0 Å². The highest BCUT2D eigenvalue weighted by Gasteiger charge is 2.38. The summed E-state index contributed by atoms with van der Waals surface area (Å²) in [6.07, 6.45) is 0. The Hall–Kier alpha value is -2.39. The maximum absolute atomic E-state index is 6.07. The summed E-state index contributed by atoms with van der Waals surface area (Å²) >= 11 is 0. The Labute approximate surface area is 139 Å². The molecule has 0 saturated heterocycles. The van der Waals surface area contributed by atoms with E-state index in [0.717, 1.165) is 17.2 Å². The number of para-hydroxylation sites is 2. The van der Waals surface area contributed by atoms with Gasteiger partial charge in [-0.3, -0.25) is 0 Å². The monoisotopic (exact) mass is 321 g/mol. The van der Waals surface area contributed by atoms with Crippen LogP contribution in [-0.2, 0) is 10.9 Å². The Balaban J connectivity index is 1.84. The molecule has 0 aliphatic carbocycles. The lowest BCUT2D eigenvalue weighted by Gasteiger charge is -2.19. The van der Waals surface area contributed by atoms with Gasteiger partial charge in [-0.05, 0) is 55.5 Å². The number of hydrogen-bond donors (Lipinski definition) is 0. The normalized spacial score (nSPS) is 12.9. The van der Waals surface area contributed by atoms with E-state index in [2.05, 4.69) is 36.4 Å². The van der Waals surface area contributed by atoms with Gasteiger partial charge in [-0.2, -0.15) is 0 Å². The molecule has 23 heavy (non-hydrogen) atoms. The molecule has 0 bridgehead atoms. The molecular weight excluding hydrogens is 304 g/mol. The van der Waals surface area contributed by atoms with Crippen LogP contribution < -0.4 is 9.47 Å². The van der Waals surface area contributed by atoms with Gasteiger partial charge < -0.3 is 9.47 Å². The molecule has 1 aliphatic heterocycles. The molecule has 1 aliphatic rings. The van der Waals surface area contributed by atoms with Crippen LogP contribution >= 0.6 is 0 Å². The van der Waals surface area contributed by atoms with Crippen LogP contribution in [0.1, 0.15) is 6.92 Å². The second kappa shape index (κ2) is 6.01.